The number of aliphatic hydroxyl groups is 2. The van der Waals surface area contributed by atoms with Crippen LogP contribution >= 0.6 is 0 Å². The third-order valence-corrected chi connectivity index (χ3v) is 5.11. The fourth-order valence-electron chi connectivity index (χ4n) is 3.50. The van der Waals surface area contributed by atoms with Gasteiger partial charge in [0.2, 0.25) is 5.82 Å². The van der Waals surface area contributed by atoms with Gasteiger partial charge in [-0.2, -0.15) is 0 Å². The average Bonchev–Trinajstić information content (AvgIpc) is 2.75. The third kappa shape index (κ3) is 6.72. The second-order valence-corrected chi connectivity index (χ2v) is 7.43. The molecule has 0 saturated carbocycles. The minimum atomic E-state index is -2.22. The predicted molar refractivity (Wildman–Crippen MR) is 106 cm³/mol. The van der Waals surface area contributed by atoms with Crippen molar-refractivity contribution in [2.75, 3.05) is 0 Å². The molecule has 0 amide bonds. The summed E-state index contributed by atoms with van der Waals surface area (Å²) in [7, 11) is 0. The molecule has 0 fully saturated rings. The van der Waals surface area contributed by atoms with E-state index >= 15 is 0 Å². The lowest BCUT2D eigenvalue weighted by Gasteiger charge is -2.20. The molecule has 0 bridgehead atoms. The summed E-state index contributed by atoms with van der Waals surface area (Å²) in [6.45, 7) is 0.0512. The fraction of sp³-hybridized carbons (Fsp3) is 0.478. The Labute approximate surface area is 178 Å². The van der Waals surface area contributed by atoms with E-state index in [2.05, 4.69) is 6.92 Å². The molecule has 172 valence electrons. The zero-order valence-electron chi connectivity index (χ0n) is 17.3. The Morgan fingerprint density at radius 1 is 0.774 bits per heavy atom. The molecule has 1 atom stereocenters. The van der Waals surface area contributed by atoms with Gasteiger partial charge in [0.25, 0.3) is 6.48 Å². The number of halogens is 5. The van der Waals surface area contributed by atoms with Crippen LogP contribution in [0.15, 0.2) is 24.3 Å². The van der Waals surface area contributed by atoms with Crippen LogP contribution in [0.1, 0.15) is 70.0 Å². The van der Waals surface area contributed by atoms with Gasteiger partial charge in [-0.05, 0) is 23.6 Å². The van der Waals surface area contributed by atoms with Gasteiger partial charge in [0.05, 0.1) is 11.7 Å². The number of aliphatic hydroxyl groups excluding tert-OH is 1. The summed E-state index contributed by atoms with van der Waals surface area (Å²) in [5.41, 5.74) is -0.941. The molecule has 2 aromatic carbocycles. The molecular formula is C23H27F5O3. The SMILES string of the molecule is CCCCCCCCCC(OC(O)O)c1cccc(-c2c(F)c(F)c(F)c(F)c2F)c1. The molecule has 2 aromatic rings. The van der Waals surface area contributed by atoms with Crippen molar-refractivity contribution in [1.29, 1.82) is 0 Å². The van der Waals surface area contributed by atoms with Crippen molar-refractivity contribution in [3.05, 3.63) is 58.9 Å². The van der Waals surface area contributed by atoms with Crippen molar-refractivity contribution in [3.63, 3.8) is 0 Å². The van der Waals surface area contributed by atoms with Gasteiger partial charge in [-0.3, -0.25) is 0 Å². The van der Waals surface area contributed by atoms with Crippen molar-refractivity contribution in [2.24, 2.45) is 0 Å². The number of unbranched alkanes of at least 4 members (excludes halogenated alkanes) is 6. The summed E-state index contributed by atoms with van der Waals surface area (Å²) in [5, 5.41) is 18.5. The zero-order chi connectivity index (χ0) is 23.0. The first-order valence-electron chi connectivity index (χ1n) is 10.4. The van der Waals surface area contributed by atoms with Crippen molar-refractivity contribution in [3.8, 4) is 11.1 Å². The number of hydrogen-bond acceptors (Lipinski definition) is 3. The van der Waals surface area contributed by atoms with Crippen LogP contribution in [0, 0.1) is 29.1 Å². The van der Waals surface area contributed by atoms with Gasteiger partial charge < -0.3 is 14.9 Å². The summed E-state index contributed by atoms with van der Waals surface area (Å²) < 4.78 is 74.0. The molecule has 0 aliphatic rings. The first-order chi connectivity index (χ1) is 14.8. The molecule has 1 unspecified atom stereocenters. The highest BCUT2D eigenvalue weighted by molar-refractivity contribution is 5.66. The largest absolute Gasteiger partial charge is 0.346 e. The Morgan fingerprint density at radius 3 is 1.90 bits per heavy atom. The highest BCUT2D eigenvalue weighted by Crippen LogP contribution is 2.34. The van der Waals surface area contributed by atoms with E-state index in [0.29, 0.717) is 18.4 Å². The summed E-state index contributed by atoms with van der Waals surface area (Å²) in [4.78, 5) is 0. The second-order valence-electron chi connectivity index (χ2n) is 7.43. The van der Waals surface area contributed by atoms with Crippen LogP contribution in [0.3, 0.4) is 0 Å². The molecule has 2 N–H and O–H groups in total. The zero-order valence-corrected chi connectivity index (χ0v) is 17.3. The summed E-state index contributed by atoms with van der Waals surface area (Å²) in [6, 6.07) is 5.35. The van der Waals surface area contributed by atoms with E-state index in [9.17, 15) is 32.2 Å². The number of rotatable bonds is 12. The van der Waals surface area contributed by atoms with Crippen molar-refractivity contribution in [1.82, 2.24) is 0 Å². The maximum absolute atomic E-state index is 14.2. The van der Waals surface area contributed by atoms with Gasteiger partial charge in [-0.1, -0.05) is 70.1 Å². The molecule has 31 heavy (non-hydrogen) atoms. The fourth-order valence-corrected chi connectivity index (χ4v) is 3.50. The third-order valence-electron chi connectivity index (χ3n) is 5.11. The van der Waals surface area contributed by atoms with E-state index in [4.69, 9.17) is 4.74 Å². The maximum Gasteiger partial charge on any atom is 0.267 e. The Morgan fingerprint density at radius 2 is 1.32 bits per heavy atom. The summed E-state index contributed by atoms with van der Waals surface area (Å²) >= 11 is 0. The first kappa shape index (κ1) is 25.2. The Bertz CT molecular complexity index is 828. The topological polar surface area (TPSA) is 49.7 Å². The van der Waals surface area contributed by atoms with E-state index in [1.807, 2.05) is 0 Å². The Balaban J connectivity index is 2.22. The van der Waals surface area contributed by atoms with Gasteiger partial charge in [-0.25, -0.2) is 22.0 Å². The van der Waals surface area contributed by atoms with Crippen LogP contribution in [0.4, 0.5) is 22.0 Å². The van der Waals surface area contributed by atoms with E-state index in [1.54, 1.807) is 0 Å². The monoisotopic (exact) mass is 446 g/mol. The van der Waals surface area contributed by atoms with E-state index in [-0.39, 0.29) is 5.56 Å². The van der Waals surface area contributed by atoms with Crippen molar-refractivity contribution < 1.29 is 36.9 Å². The summed E-state index contributed by atoms with van der Waals surface area (Å²) in [5.74, 6) is -10.1. The minimum absolute atomic E-state index is 0.231. The quantitative estimate of drug-likeness (QED) is 0.128. The normalized spacial score (nSPS) is 12.5. The van der Waals surface area contributed by atoms with Crippen molar-refractivity contribution >= 4 is 0 Å². The maximum atomic E-state index is 14.2. The van der Waals surface area contributed by atoms with Gasteiger partial charge in [0, 0.05) is 0 Å². The standard InChI is InChI=1S/C23H27F5O3/c1-2-3-4-5-6-7-8-12-16(31-23(29)30)14-10-9-11-15(13-14)17-18(24)20(26)22(28)21(27)19(17)25/h9-11,13,16,23,29-30H,2-8,12H2,1H3. The molecular weight excluding hydrogens is 419 g/mol. The molecule has 0 aromatic heterocycles. The lowest BCUT2D eigenvalue weighted by Crippen LogP contribution is -2.16. The number of benzene rings is 2. The highest BCUT2D eigenvalue weighted by atomic mass is 19.2. The second kappa shape index (κ2) is 12.1. The molecule has 0 spiro atoms. The average molecular weight is 446 g/mol. The van der Waals surface area contributed by atoms with E-state index in [0.717, 1.165) is 32.1 Å². The lowest BCUT2D eigenvalue weighted by atomic mass is 9.96. The van der Waals surface area contributed by atoms with Crippen LogP contribution in [-0.4, -0.2) is 16.7 Å². The molecule has 0 aliphatic carbocycles. The van der Waals surface area contributed by atoms with Gasteiger partial charge in [-0.15, -0.1) is 0 Å². The minimum Gasteiger partial charge on any atom is -0.346 e. The highest BCUT2D eigenvalue weighted by Gasteiger charge is 2.27. The van der Waals surface area contributed by atoms with Crippen LogP contribution in [0.2, 0.25) is 0 Å². The molecule has 0 saturated heterocycles. The van der Waals surface area contributed by atoms with Gasteiger partial charge in [0.1, 0.15) is 0 Å². The number of ether oxygens (including phenoxy) is 1. The van der Waals surface area contributed by atoms with Gasteiger partial charge >= 0.3 is 0 Å². The molecule has 2 rings (SSSR count). The van der Waals surface area contributed by atoms with Crippen LogP contribution in [0.5, 0.6) is 0 Å². The van der Waals surface area contributed by atoms with Crippen LogP contribution < -0.4 is 0 Å². The van der Waals surface area contributed by atoms with Crippen molar-refractivity contribution in [2.45, 2.75) is 70.9 Å². The van der Waals surface area contributed by atoms with E-state index < -0.39 is 47.2 Å². The Kier molecular flexibility index (Phi) is 9.87. The molecule has 8 heteroatoms. The Hall–Kier alpha value is -2.03. The molecule has 0 heterocycles. The molecule has 0 aliphatic heterocycles. The lowest BCUT2D eigenvalue weighted by molar-refractivity contribution is -0.259. The van der Waals surface area contributed by atoms with Gasteiger partial charge in [0.15, 0.2) is 23.3 Å². The van der Waals surface area contributed by atoms with Crippen LogP contribution in [-0.2, 0) is 4.74 Å². The predicted octanol–water partition coefficient (Wildman–Crippen LogP) is 6.52. The van der Waals surface area contributed by atoms with Crippen LogP contribution in [0.25, 0.3) is 11.1 Å². The van der Waals surface area contributed by atoms with E-state index in [1.165, 1.54) is 30.7 Å². The molecule has 0 radical (unpaired) electrons. The number of hydrogen-bond donors (Lipinski definition) is 2. The first-order valence-corrected chi connectivity index (χ1v) is 10.4. The summed E-state index contributed by atoms with van der Waals surface area (Å²) in [6.07, 6.45) is 6.74. The molecule has 3 nitrogen and oxygen atoms in total. The smallest absolute Gasteiger partial charge is 0.267 e.